The predicted octanol–water partition coefficient (Wildman–Crippen LogP) is -11.5. The molecule has 0 heterocycles. The molecule has 0 atom stereocenters. The van der Waals surface area contributed by atoms with Gasteiger partial charge in [0, 0.05) is 0 Å². The van der Waals surface area contributed by atoms with Crippen LogP contribution in [0.2, 0.25) is 0 Å². The molecule has 0 fully saturated rings. The van der Waals surface area contributed by atoms with Gasteiger partial charge in [0.25, 0.3) is 0 Å². The van der Waals surface area contributed by atoms with Crippen molar-refractivity contribution >= 4 is 45.5 Å². The van der Waals surface area contributed by atoms with Gasteiger partial charge in [-0.3, -0.25) is 0 Å². The third-order valence-corrected chi connectivity index (χ3v) is 0. The summed E-state index contributed by atoms with van der Waals surface area (Å²) in [7, 11) is -9.89. The summed E-state index contributed by atoms with van der Waals surface area (Å²) in [4.78, 5) is 0. The molecule has 0 saturated carbocycles. The maximum Gasteiger partial charge on any atom is 2.00 e. The summed E-state index contributed by atoms with van der Waals surface area (Å²) in [5, 5.41) is 0. The van der Waals surface area contributed by atoms with Crippen LogP contribution >= 0.6 is 0 Å². The summed E-state index contributed by atoms with van der Waals surface area (Å²) in [5.74, 6) is 0. The molecule has 0 aliphatic rings. The van der Waals surface area contributed by atoms with Crippen LogP contribution in [0.15, 0.2) is 0 Å². The van der Waals surface area contributed by atoms with E-state index in [-0.39, 0.29) is 56.4 Å². The predicted molar refractivity (Wildman–Crippen MR) is 13.0 cm³/mol. The van der Waals surface area contributed by atoms with Crippen LogP contribution in [-0.4, -0.2) is 56.4 Å². The van der Waals surface area contributed by atoms with Gasteiger partial charge in [-0.05, 0) is 0 Å². The van der Waals surface area contributed by atoms with Crippen molar-refractivity contribution < 1.29 is 68.7 Å². The van der Waals surface area contributed by atoms with E-state index in [2.05, 4.69) is 0 Å². The van der Waals surface area contributed by atoms with Gasteiger partial charge in [0.1, 0.15) is 0 Å². The Morgan fingerprint density at radius 2 is 0.462 bits per heavy atom. The van der Waals surface area contributed by atoms with Gasteiger partial charge in [-0.25, -0.2) is 37.3 Å². The third kappa shape index (κ3) is 674. The Morgan fingerprint density at radius 3 is 0.462 bits per heavy atom. The summed E-state index contributed by atoms with van der Waals surface area (Å²) in [6, 6.07) is 0. The molecule has 0 bridgehead atoms. The molecule has 0 spiro atoms. The standard InChI is InChI=1S/2ClHO4.2H2O.Sr/c2*2-1(3,4)5;;;/h2*(H,2,3,4,5);2*1H2;/q;;;;+2/p-2. The largest absolute Gasteiger partial charge is 2.00 e. The van der Waals surface area contributed by atoms with Gasteiger partial charge in [-0.15, -0.1) is 20.5 Å². The van der Waals surface area contributed by atoms with Crippen LogP contribution in [0, 0.1) is 20.5 Å². The molecule has 0 aliphatic carbocycles. The van der Waals surface area contributed by atoms with Crippen molar-refractivity contribution in [2.24, 2.45) is 0 Å². The van der Waals surface area contributed by atoms with Gasteiger partial charge in [0.15, 0.2) is 0 Å². The minimum absolute atomic E-state index is 0. The van der Waals surface area contributed by atoms with Crippen LogP contribution in [0.1, 0.15) is 0 Å². The zero-order valence-corrected chi connectivity index (χ0v) is 10.7. The topological polar surface area (TPSA) is 247 Å². The van der Waals surface area contributed by atoms with Crippen LogP contribution in [0.5, 0.6) is 0 Å². The fourth-order valence-electron chi connectivity index (χ4n) is 0. The second-order valence-electron chi connectivity index (χ2n) is 0.756. The summed E-state index contributed by atoms with van der Waals surface area (Å²) < 4.78 is 67.9. The number of hydrogen-bond acceptors (Lipinski definition) is 8. The van der Waals surface area contributed by atoms with Gasteiger partial charge in [0.05, 0.1) is 0 Å². The minimum atomic E-state index is -4.94. The van der Waals surface area contributed by atoms with Crippen molar-refractivity contribution in [3.8, 4) is 0 Å². The van der Waals surface area contributed by atoms with Crippen molar-refractivity contribution in [1.29, 1.82) is 0 Å². The molecular weight excluding hydrogens is 319 g/mol. The van der Waals surface area contributed by atoms with Crippen molar-refractivity contribution in [3.63, 3.8) is 0 Å². The second kappa shape index (κ2) is 11.7. The van der Waals surface area contributed by atoms with E-state index in [1.165, 1.54) is 0 Å². The first-order valence-electron chi connectivity index (χ1n) is 1.23. The average molecular weight is 323 g/mol. The molecule has 0 saturated heterocycles. The molecule has 10 nitrogen and oxygen atoms in total. The Labute approximate surface area is 113 Å². The van der Waals surface area contributed by atoms with E-state index in [4.69, 9.17) is 37.3 Å². The van der Waals surface area contributed by atoms with Crippen molar-refractivity contribution in [2.75, 3.05) is 0 Å². The van der Waals surface area contributed by atoms with E-state index in [0.717, 1.165) is 0 Å². The third-order valence-electron chi connectivity index (χ3n) is 0. The van der Waals surface area contributed by atoms with Crippen LogP contribution in [0.25, 0.3) is 0 Å². The van der Waals surface area contributed by atoms with Crippen LogP contribution in [0.4, 0.5) is 0 Å². The molecule has 0 aromatic heterocycles. The fraction of sp³-hybridized carbons (Fsp3) is 0. The Kier molecular flexibility index (Phi) is 26.5. The molecule has 0 amide bonds. The molecule has 13 heteroatoms. The van der Waals surface area contributed by atoms with Gasteiger partial charge in [0.2, 0.25) is 0 Å². The molecular formula is H4Cl2O10Sr. The van der Waals surface area contributed by atoms with Gasteiger partial charge >= 0.3 is 45.5 Å². The first-order chi connectivity index (χ1) is 4.00. The molecule has 0 rings (SSSR count). The minimum Gasteiger partial charge on any atom is -0.412 e. The zero-order chi connectivity index (χ0) is 9.00. The van der Waals surface area contributed by atoms with E-state index in [0.29, 0.717) is 0 Å². The van der Waals surface area contributed by atoms with Gasteiger partial charge in [-0.2, -0.15) is 0 Å². The molecule has 4 N–H and O–H groups in total. The summed E-state index contributed by atoms with van der Waals surface area (Å²) in [5.41, 5.74) is 0. The monoisotopic (exact) mass is 322 g/mol. The molecule has 0 aliphatic heterocycles. The van der Waals surface area contributed by atoms with Gasteiger partial charge < -0.3 is 11.0 Å². The van der Waals surface area contributed by atoms with Gasteiger partial charge in [-0.1, -0.05) is 0 Å². The van der Waals surface area contributed by atoms with E-state index in [9.17, 15) is 0 Å². The summed E-state index contributed by atoms with van der Waals surface area (Å²) in [6.07, 6.45) is 0. The number of rotatable bonds is 0. The fourth-order valence-corrected chi connectivity index (χ4v) is 0. The maximum atomic E-state index is 8.49. The second-order valence-corrected chi connectivity index (χ2v) is 2.27. The molecule has 0 aromatic rings. The Balaban J connectivity index is -0.0000000267. The number of hydrogen-bond donors (Lipinski definition) is 0. The molecule has 13 heavy (non-hydrogen) atoms. The molecule has 0 unspecified atom stereocenters. The molecule has 80 valence electrons. The van der Waals surface area contributed by atoms with E-state index in [1.807, 2.05) is 0 Å². The Morgan fingerprint density at radius 1 is 0.462 bits per heavy atom. The van der Waals surface area contributed by atoms with Crippen LogP contribution < -0.4 is 37.3 Å². The summed E-state index contributed by atoms with van der Waals surface area (Å²) >= 11 is 0. The first-order valence-corrected chi connectivity index (χ1v) is 3.70. The molecule has 0 radical (unpaired) electrons. The summed E-state index contributed by atoms with van der Waals surface area (Å²) in [6.45, 7) is 0. The quantitative estimate of drug-likeness (QED) is 0.386. The average Bonchev–Trinajstić information content (AvgIpc) is 1.12. The van der Waals surface area contributed by atoms with E-state index in [1.54, 1.807) is 0 Å². The normalized spacial score (nSPS) is 9.23. The van der Waals surface area contributed by atoms with Crippen molar-refractivity contribution in [2.45, 2.75) is 0 Å². The Bertz CT molecular complexity index is 55.9. The van der Waals surface area contributed by atoms with Crippen LogP contribution in [0.3, 0.4) is 0 Å². The van der Waals surface area contributed by atoms with E-state index < -0.39 is 20.5 Å². The van der Waals surface area contributed by atoms with Crippen molar-refractivity contribution in [1.82, 2.24) is 0 Å². The van der Waals surface area contributed by atoms with E-state index >= 15 is 0 Å². The number of halogens is 2. The SMILES string of the molecule is O.O.[O-][Cl+3]([O-])([O-])[O-].[O-][Cl+3]([O-])([O-])[O-].[Sr+2]. The smallest absolute Gasteiger partial charge is 0.412 e. The maximum absolute atomic E-state index is 8.49. The Hall–Kier alpha value is 1.66. The van der Waals surface area contributed by atoms with Crippen molar-refractivity contribution in [3.05, 3.63) is 0 Å². The van der Waals surface area contributed by atoms with Crippen LogP contribution in [-0.2, 0) is 0 Å². The first kappa shape index (κ1) is 29.3. The zero-order valence-electron chi connectivity index (χ0n) is 5.73. The molecule has 0 aromatic carbocycles.